The summed E-state index contributed by atoms with van der Waals surface area (Å²) in [5.74, 6) is -0.322. The van der Waals surface area contributed by atoms with Crippen LogP contribution in [0.5, 0.6) is 0 Å². The molecule has 0 amide bonds. The number of halogens is 1. The third kappa shape index (κ3) is 3.62. The predicted octanol–water partition coefficient (Wildman–Crippen LogP) is 2.27. The third-order valence-electron chi connectivity index (χ3n) is 1.88. The second-order valence-electron chi connectivity index (χ2n) is 3.00. The fourth-order valence-corrected chi connectivity index (χ4v) is 1.53. The summed E-state index contributed by atoms with van der Waals surface area (Å²) in [6.07, 6.45) is 1.70. The predicted molar refractivity (Wildman–Crippen MR) is 68.2 cm³/mol. The van der Waals surface area contributed by atoms with Gasteiger partial charge in [0.25, 0.3) is 0 Å². The van der Waals surface area contributed by atoms with Gasteiger partial charge in [0, 0.05) is 15.3 Å². The first-order valence-corrected chi connectivity index (χ1v) is 5.58. The van der Waals surface area contributed by atoms with Gasteiger partial charge in [0.2, 0.25) is 0 Å². The Morgan fingerprint density at radius 1 is 1.53 bits per heavy atom. The number of nitrogens with zero attached hydrogens (tertiary/aromatic N) is 1. The van der Waals surface area contributed by atoms with Gasteiger partial charge in [-0.2, -0.15) is 0 Å². The molecule has 80 valence electrons. The van der Waals surface area contributed by atoms with Crippen LogP contribution in [0.25, 0.3) is 0 Å². The van der Waals surface area contributed by atoms with Gasteiger partial charge in [-0.15, -0.1) is 0 Å². The molecule has 0 aliphatic carbocycles. The summed E-state index contributed by atoms with van der Waals surface area (Å²) in [7, 11) is 1.36. The molecule has 0 aliphatic rings. The zero-order chi connectivity index (χ0) is 11.3. The van der Waals surface area contributed by atoms with Crippen LogP contribution in [0.1, 0.15) is 12.5 Å². The van der Waals surface area contributed by atoms with Crippen LogP contribution >= 0.6 is 22.6 Å². The van der Waals surface area contributed by atoms with Gasteiger partial charge in [-0.3, -0.25) is 4.99 Å². The van der Waals surface area contributed by atoms with Gasteiger partial charge >= 0.3 is 5.97 Å². The number of carbonyl (C=O) groups excluding carboxylic acids is 1. The van der Waals surface area contributed by atoms with E-state index in [4.69, 9.17) is 0 Å². The Balaban J connectivity index is 2.74. The second kappa shape index (κ2) is 5.85. The molecule has 0 saturated heterocycles. The molecule has 4 heteroatoms. The number of hydrogen-bond acceptors (Lipinski definition) is 3. The number of methoxy groups -OCH3 is 1. The van der Waals surface area contributed by atoms with Crippen molar-refractivity contribution in [1.29, 1.82) is 0 Å². The Morgan fingerprint density at radius 3 is 2.80 bits per heavy atom. The van der Waals surface area contributed by atoms with Crippen molar-refractivity contribution in [3.8, 4) is 0 Å². The van der Waals surface area contributed by atoms with Crippen molar-refractivity contribution in [1.82, 2.24) is 0 Å². The number of benzene rings is 1. The normalized spacial score (nSPS) is 12.7. The molecule has 0 aromatic heterocycles. The van der Waals surface area contributed by atoms with Gasteiger partial charge in [0.1, 0.15) is 6.04 Å². The van der Waals surface area contributed by atoms with E-state index in [9.17, 15) is 4.79 Å². The van der Waals surface area contributed by atoms with Gasteiger partial charge in [-0.05, 0) is 35.6 Å². The van der Waals surface area contributed by atoms with Gasteiger partial charge in [0.05, 0.1) is 7.11 Å². The van der Waals surface area contributed by atoms with Crippen LogP contribution in [0.15, 0.2) is 29.3 Å². The van der Waals surface area contributed by atoms with E-state index < -0.39 is 6.04 Å². The van der Waals surface area contributed by atoms with Crippen LogP contribution < -0.4 is 0 Å². The maximum absolute atomic E-state index is 11.1. The molecule has 1 rings (SSSR count). The molecule has 0 N–H and O–H groups in total. The number of aliphatic imine (C=N–C) groups is 1. The lowest BCUT2D eigenvalue weighted by molar-refractivity contribution is -0.141. The molecule has 0 saturated carbocycles. The zero-order valence-corrected chi connectivity index (χ0v) is 10.8. The molecular formula is C11H12INO2. The molecule has 1 unspecified atom stereocenters. The summed E-state index contributed by atoms with van der Waals surface area (Å²) in [6.45, 7) is 1.71. The lowest BCUT2D eigenvalue weighted by Gasteiger charge is -2.03. The minimum absolute atomic E-state index is 0.322. The standard InChI is InChI=1S/C11H12INO2/c1-8(11(14)15-2)13-7-9-5-3-4-6-10(9)12/h3-8H,1-2H3. The van der Waals surface area contributed by atoms with E-state index in [1.54, 1.807) is 13.1 Å². The molecule has 1 aromatic carbocycles. The first-order valence-electron chi connectivity index (χ1n) is 4.50. The Morgan fingerprint density at radius 2 is 2.20 bits per heavy atom. The Kier molecular flexibility index (Phi) is 4.74. The van der Waals surface area contributed by atoms with Gasteiger partial charge in [0.15, 0.2) is 0 Å². The number of rotatable bonds is 3. The van der Waals surface area contributed by atoms with Crippen LogP contribution in [-0.4, -0.2) is 25.3 Å². The van der Waals surface area contributed by atoms with Crippen molar-refractivity contribution >= 4 is 34.8 Å². The zero-order valence-electron chi connectivity index (χ0n) is 8.61. The minimum atomic E-state index is -0.453. The van der Waals surface area contributed by atoms with E-state index in [2.05, 4.69) is 32.3 Å². The van der Waals surface area contributed by atoms with E-state index >= 15 is 0 Å². The van der Waals surface area contributed by atoms with E-state index in [-0.39, 0.29) is 5.97 Å². The molecule has 0 fully saturated rings. The first kappa shape index (κ1) is 12.2. The monoisotopic (exact) mass is 317 g/mol. The molecule has 0 bridgehead atoms. The average Bonchev–Trinajstić information content (AvgIpc) is 2.26. The van der Waals surface area contributed by atoms with Crippen molar-refractivity contribution < 1.29 is 9.53 Å². The number of carbonyl (C=O) groups is 1. The summed E-state index contributed by atoms with van der Waals surface area (Å²) in [5.41, 5.74) is 1.01. The van der Waals surface area contributed by atoms with E-state index in [0.29, 0.717) is 0 Å². The number of ether oxygens (including phenoxy) is 1. The van der Waals surface area contributed by atoms with E-state index in [1.165, 1.54) is 7.11 Å². The molecule has 0 aliphatic heterocycles. The van der Waals surface area contributed by atoms with Gasteiger partial charge < -0.3 is 4.74 Å². The lowest BCUT2D eigenvalue weighted by atomic mass is 10.2. The molecule has 3 nitrogen and oxygen atoms in total. The Hall–Kier alpha value is -0.910. The summed E-state index contributed by atoms with van der Waals surface area (Å²) in [5, 5.41) is 0. The van der Waals surface area contributed by atoms with Crippen molar-refractivity contribution in [2.75, 3.05) is 7.11 Å². The highest BCUT2D eigenvalue weighted by atomic mass is 127. The quantitative estimate of drug-likeness (QED) is 0.487. The SMILES string of the molecule is COC(=O)C(C)N=Cc1ccccc1I. The Bertz CT molecular complexity index is 377. The maximum atomic E-state index is 11.1. The maximum Gasteiger partial charge on any atom is 0.330 e. The molecule has 15 heavy (non-hydrogen) atoms. The second-order valence-corrected chi connectivity index (χ2v) is 4.16. The van der Waals surface area contributed by atoms with Crippen molar-refractivity contribution in [3.05, 3.63) is 33.4 Å². The molecule has 0 spiro atoms. The van der Waals surface area contributed by atoms with Crippen molar-refractivity contribution in [3.63, 3.8) is 0 Å². The fourth-order valence-electron chi connectivity index (χ4n) is 1.00. The highest BCUT2D eigenvalue weighted by molar-refractivity contribution is 14.1. The summed E-state index contributed by atoms with van der Waals surface area (Å²) < 4.78 is 5.68. The summed E-state index contributed by atoms with van der Waals surface area (Å²) in [4.78, 5) is 15.2. The summed E-state index contributed by atoms with van der Waals surface area (Å²) in [6, 6.07) is 7.39. The van der Waals surface area contributed by atoms with Crippen LogP contribution in [0.3, 0.4) is 0 Å². The Labute approximate surface area is 103 Å². The molecule has 1 atom stereocenters. The molecular weight excluding hydrogens is 305 g/mol. The topological polar surface area (TPSA) is 38.7 Å². The molecule has 1 aromatic rings. The van der Waals surface area contributed by atoms with Crippen LogP contribution in [0.2, 0.25) is 0 Å². The van der Waals surface area contributed by atoms with Gasteiger partial charge in [-0.1, -0.05) is 18.2 Å². The molecule has 0 radical (unpaired) electrons. The number of esters is 1. The number of hydrogen-bond donors (Lipinski definition) is 0. The summed E-state index contributed by atoms with van der Waals surface area (Å²) >= 11 is 2.23. The van der Waals surface area contributed by atoms with Crippen LogP contribution in [0.4, 0.5) is 0 Å². The van der Waals surface area contributed by atoms with Crippen molar-refractivity contribution in [2.45, 2.75) is 13.0 Å². The third-order valence-corrected chi connectivity index (χ3v) is 2.87. The minimum Gasteiger partial charge on any atom is -0.467 e. The smallest absolute Gasteiger partial charge is 0.330 e. The van der Waals surface area contributed by atoms with Gasteiger partial charge in [-0.25, -0.2) is 4.79 Å². The highest BCUT2D eigenvalue weighted by Gasteiger charge is 2.09. The lowest BCUT2D eigenvalue weighted by Crippen LogP contribution is -2.16. The van der Waals surface area contributed by atoms with Crippen LogP contribution in [-0.2, 0) is 9.53 Å². The van der Waals surface area contributed by atoms with E-state index in [0.717, 1.165) is 9.13 Å². The van der Waals surface area contributed by atoms with Crippen LogP contribution in [0, 0.1) is 3.57 Å². The van der Waals surface area contributed by atoms with Crippen molar-refractivity contribution in [2.24, 2.45) is 4.99 Å². The molecule has 0 heterocycles. The average molecular weight is 317 g/mol. The fraction of sp³-hybridized carbons (Fsp3) is 0.273. The highest BCUT2D eigenvalue weighted by Crippen LogP contribution is 2.09. The largest absolute Gasteiger partial charge is 0.467 e. The first-order chi connectivity index (χ1) is 7.15. The van der Waals surface area contributed by atoms with E-state index in [1.807, 2.05) is 24.3 Å².